The molecule has 8 aromatic rings. The number of carbonyl (C=O) groups excluding carboxylic acids is 13. The van der Waals surface area contributed by atoms with Crippen LogP contribution in [0.5, 0.6) is 0 Å². The van der Waals surface area contributed by atoms with E-state index in [1.54, 1.807) is 86.6 Å². The van der Waals surface area contributed by atoms with Crippen molar-refractivity contribution in [2.75, 3.05) is 65.5 Å². The Kier molecular flexibility index (Phi) is 35.0. The molecule has 39 nitrogen and oxygen atoms in total. The molecule has 24 N–H and O–H groups in total. The summed E-state index contributed by atoms with van der Waals surface area (Å²) in [5.41, 5.74) is 25.6. The van der Waals surface area contributed by atoms with E-state index < -0.39 is 144 Å². The number of unbranched alkanes of at least 4 members (excludes halogenated alkanes) is 1. The minimum atomic E-state index is -1.91. The van der Waals surface area contributed by atoms with Crippen LogP contribution in [0.2, 0.25) is 5.02 Å². The Labute approximate surface area is 713 Å². The number of aromatic amines is 2. The number of rotatable bonds is 46. The molecule has 1 aliphatic heterocycles. The fourth-order valence-electron chi connectivity index (χ4n) is 13.6. The van der Waals surface area contributed by atoms with Crippen LogP contribution >= 0.6 is 11.6 Å². The molecule has 10 atom stereocenters. The Bertz CT molecular complexity index is 4960. The zero-order valence-electron chi connectivity index (χ0n) is 68.5. The fourth-order valence-corrected chi connectivity index (χ4v) is 13.7. The molecule has 654 valence electrons. The summed E-state index contributed by atoms with van der Waals surface area (Å²) in [4.78, 5) is 199. The average Bonchev–Trinajstić information content (AvgIpc) is 1.66. The van der Waals surface area contributed by atoms with Crippen molar-refractivity contribution in [3.63, 3.8) is 0 Å². The third-order valence-corrected chi connectivity index (χ3v) is 20.2. The first kappa shape index (κ1) is 93.2. The summed E-state index contributed by atoms with van der Waals surface area (Å²) in [6, 6.07) is 20.9. The number of aromatic nitrogens is 7. The van der Waals surface area contributed by atoms with E-state index in [2.05, 4.69) is 104 Å². The highest BCUT2D eigenvalue weighted by atomic mass is 35.5. The smallest absolute Gasteiger partial charge is 0.245 e. The number of halogens is 1. The van der Waals surface area contributed by atoms with Gasteiger partial charge in [-0.25, -0.2) is 10.2 Å². The van der Waals surface area contributed by atoms with E-state index in [1.165, 1.54) is 43.3 Å². The van der Waals surface area contributed by atoms with Crippen molar-refractivity contribution in [2.24, 2.45) is 17.4 Å². The van der Waals surface area contributed by atoms with Crippen LogP contribution in [0.4, 0.5) is 35.2 Å². The SMILES string of the molecule is CC(=O)N[C@H](Cc1ccc2ccccc2c1)C(=O)N[C@H](Cc1ccc(Cl)cc1)C(=O)N[C@H](Cc1cccnc1)C(=O)N[C@@H](CO)C(=O)N[C@@H](Cc1ccc(NC(=O)CCNc2nc(N)n[nH]2)cc1)C(=O)N[C@H](Cc1ccc(NC(=O)CCNc2nc(N)n[nH]2)cc1)C(=O)N[C@@H](CC(C)C)C(=O)N[C@@H](CCCCN)C(=O)N1CCC[C@H]1C(=O)N[C@H](C)C(N)=O. The molecule has 3 aromatic heterocycles. The zero-order valence-corrected chi connectivity index (χ0v) is 69.2. The molecule has 4 heterocycles. The van der Waals surface area contributed by atoms with Crippen molar-refractivity contribution in [3.8, 4) is 0 Å². The molecule has 123 heavy (non-hydrogen) atoms. The zero-order chi connectivity index (χ0) is 88.7. The predicted octanol–water partition coefficient (Wildman–Crippen LogP) is 0.730. The Balaban J connectivity index is 1.01. The van der Waals surface area contributed by atoms with E-state index in [0.29, 0.717) is 63.5 Å². The molecule has 40 heteroatoms. The highest BCUT2D eigenvalue weighted by Crippen LogP contribution is 2.24. The number of pyridine rings is 1. The third-order valence-electron chi connectivity index (χ3n) is 20.0. The lowest BCUT2D eigenvalue weighted by Gasteiger charge is -2.31. The van der Waals surface area contributed by atoms with Crippen LogP contribution in [0.1, 0.15) is 107 Å². The number of aliphatic hydroxyl groups excluding tert-OH is 1. The van der Waals surface area contributed by atoms with Crippen LogP contribution in [0.3, 0.4) is 0 Å². The van der Waals surface area contributed by atoms with Gasteiger partial charge >= 0.3 is 0 Å². The van der Waals surface area contributed by atoms with Gasteiger partial charge in [0.1, 0.15) is 60.4 Å². The van der Waals surface area contributed by atoms with E-state index in [-0.39, 0.29) is 120 Å². The van der Waals surface area contributed by atoms with Gasteiger partial charge in [0.25, 0.3) is 0 Å². The van der Waals surface area contributed by atoms with Gasteiger partial charge in [-0.2, -0.15) is 9.97 Å². The number of anilines is 6. The molecule has 0 spiro atoms. The highest BCUT2D eigenvalue weighted by Gasteiger charge is 2.41. The van der Waals surface area contributed by atoms with Crippen molar-refractivity contribution in [3.05, 3.63) is 173 Å². The molecular weight excluding hydrogens is 1610 g/mol. The maximum Gasteiger partial charge on any atom is 0.245 e. The van der Waals surface area contributed by atoms with Gasteiger partial charge in [-0.15, -0.1) is 10.2 Å². The summed E-state index contributed by atoms with van der Waals surface area (Å²) in [6.45, 7) is 5.75. The number of hydrogen-bond acceptors (Lipinski definition) is 24. The van der Waals surface area contributed by atoms with Gasteiger partial charge in [0, 0.05) is 100 Å². The average molecular weight is 1710 g/mol. The molecule has 0 saturated carbocycles. The maximum absolute atomic E-state index is 15.6. The Morgan fingerprint density at radius 1 is 0.520 bits per heavy atom. The lowest BCUT2D eigenvalue weighted by Crippen LogP contribution is -2.62. The Hall–Kier alpha value is -13.7. The van der Waals surface area contributed by atoms with E-state index >= 15 is 24.0 Å². The van der Waals surface area contributed by atoms with Crippen molar-refractivity contribution in [2.45, 2.75) is 172 Å². The summed E-state index contributed by atoms with van der Waals surface area (Å²) in [5.74, 6) is -9.84. The van der Waals surface area contributed by atoms with E-state index in [0.717, 1.165) is 10.8 Å². The number of likely N-dealkylation sites (tertiary alicyclic amines) is 1. The number of fused-ring (bicyclic) bond motifs is 1. The minimum Gasteiger partial charge on any atom is -0.394 e. The number of nitrogens with zero attached hydrogens (tertiary/aromatic N) is 6. The van der Waals surface area contributed by atoms with Crippen LogP contribution in [0.15, 0.2) is 140 Å². The number of H-pyrrole nitrogens is 2. The predicted molar refractivity (Wildman–Crippen MR) is 458 cm³/mol. The first-order valence-electron chi connectivity index (χ1n) is 40.3. The second-order valence-corrected chi connectivity index (χ2v) is 30.7. The van der Waals surface area contributed by atoms with E-state index in [9.17, 15) is 43.5 Å². The number of carbonyl (C=O) groups is 13. The largest absolute Gasteiger partial charge is 0.394 e. The second-order valence-electron chi connectivity index (χ2n) is 30.2. The molecular formula is C83H106ClN25O14. The first-order valence-corrected chi connectivity index (χ1v) is 40.7. The van der Waals surface area contributed by atoms with Crippen LogP contribution < -0.4 is 92.1 Å². The van der Waals surface area contributed by atoms with Gasteiger partial charge in [0.05, 0.1) is 6.61 Å². The molecule has 0 unspecified atom stereocenters. The molecule has 0 aliphatic carbocycles. The van der Waals surface area contributed by atoms with Crippen LogP contribution in [-0.4, -0.2) is 215 Å². The van der Waals surface area contributed by atoms with Gasteiger partial charge in [-0.1, -0.05) is 110 Å². The van der Waals surface area contributed by atoms with Crippen molar-refractivity contribution in [1.29, 1.82) is 0 Å². The van der Waals surface area contributed by atoms with Crippen molar-refractivity contribution >= 4 is 134 Å². The minimum absolute atomic E-state index is 0.00141. The summed E-state index contributed by atoms with van der Waals surface area (Å²) in [7, 11) is 0. The number of benzene rings is 5. The molecule has 1 saturated heterocycles. The Morgan fingerprint density at radius 2 is 0.967 bits per heavy atom. The highest BCUT2D eigenvalue weighted by molar-refractivity contribution is 6.30. The molecule has 13 amide bonds. The van der Waals surface area contributed by atoms with Gasteiger partial charge < -0.3 is 102 Å². The van der Waals surface area contributed by atoms with Crippen LogP contribution in [0, 0.1) is 5.92 Å². The van der Waals surface area contributed by atoms with Crippen molar-refractivity contribution in [1.82, 2.24) is 88.1 Å². The quantitative estimate of drug-likeness (QED) is 0.0234. The topological polar surface area (TPSA) is 602 Å². The molecule has 9 rings (SSSR count). The number of nitrogens with one attached hydrogen (secondary N) is 15. The second kappa shape index (κ2) is 46.2. The molecule has 1 fully saturated rings. The normalized spacial score (nSPS) is 14.6. The number of nitrogens with two attached hydrogens (primary N) is 4. The van der Waals surface area contributed by atoms with Gasteiger partial charge in [-0.05, 0) is 139 Å². The summed E-state index contributed by atoms with van der Waals surface area (Å²) >= 11 is 6.29. The number of amides is 13. The molecule has 0 bridgehead atoms. The molecule has 0 radical (unpaired) electrons. The first-order chi connectivity index (χ1) is 58.9. The molecule has 1 aliphatic rings. The fraction of sp³-hybridized carbons (Fsp3) is 0.398. The molecule has 5 aromatic carbocycles. The van der Waals surface area contributed by atoms with Gasteiger partial charge in [0.2, 0.25) is 101 Å². The number of aliphatic hydroxyl groups is 1. The Morgan fingerprint density at radius 3 is 1.43 bits per heavy atom. The van der Waals surface area contributed by atoms with Crippen molar-refractivity contribution < 1.29 is 67.4 Å². The number of hydrogen-bond donors (Lipinski definition) is 20. The summed E-state index contributed by atoms with van der Waals surface area (Å²) in [5, 5.41) is 61.9. The van der Waals surface area contributed by atoms with Gasteiger partial charge in [-0.3, -0.25) is 67.3 Å². The standard InChI is InChI=1S/C83H106ClN25O14/c1-46(2)37-60(71(115)96-59(14-7-8-32-85)79(123)109-36-10-15-67(109)78(122)92-47(3)70(86)114)97-73(117)63(40-50-19-26-57(27-20-50)94-68(112)30-34-90-82-103-80(87)105-107-82)99-75(119)64(41-51-21-28-58(29-22-51)95-69(113)31-35-91-83-104-81(88)106-108-83)101-77(121)66(45-110)102-76(120)65(43-53-11-9-33-89-44-53)100-74(118)62(39-49-17-24-56(84)25-18-49)98-72(116)61(93-48(4)111)42-52-16-23-54-12-5-6-13-55(54)38-52/h5-6,9,11-13,16-29,33,38,44,46-47,59-67,110H,7-8,10,14-15,30-32,34-37,39-43,45,85H2,1-4H3,(H2,86,114)(H,92,122)(H,93,111)(H,94,112)(H,95,113)(H,96,115)(H,97,117)(H,98,116)(H,99,119)(H,100,118)(H,101,121)(H,102,120)(H4,87,90,103,105,107)(H4,88,91,104,106,108)/t47-,59+,60+,61-,62-,63-,64+,65-,66+,67+/m1/s1. The maximum atomic E-state index is 15.6. The van der Waals surface area contributed by atoms with E-state index in [4.69, 9.17) is 34.5 Å². The lowest BCUT2D eigenvalue weighted by molar-refractivity contribution is -0.142. The lowest BCUT2D eigenvalue weighted by atomic mass is 9.99. The summed E-state index contributed by atoms with van der Waals surface area (Å²) < 4.78 is 0. The number of nitrogen functional groups attached to an aromatic ring is 2. The monoisotopic (exact) mass is 1710 g/mol. The number of primary amides is 1. The summed E-state index contributed by atoms with van der Waals surface area (Å²) in [6.07, 6.45) is 3.18. The van der Waals surface area contributed by atoms with Crippen LogP contribution in [0.25, 0.3) is 10.8 Å². The third kappa shape index (κ3) is 29.6. The van der Waals surface area contributed by atoms with E-state index in [1.807, 2.05) is 42.5 Å². The van der Waals surface area contributed by atoms with Gasteiger partial charge in [0.15, 0.2) is 0 Å². The van der Waals surface area contributed by atoms with Crippen LogP contribution in [-0.2, 0) is 94.4 Å².